The number of rotatable bonds is 7. The fourth-order valence-electron chi connectivity index (χ4n) is 2.25. The van der Waals surface area contributed by atoms with E-state index in [1.54, 1.807) is 11.3 Å². The van der Waals surface area contributed by atoms with Crippen LogP contribution in [0.5, 0.6) is 0 Å². The third-order valence-corrected chi connectivity index (χ3v) is 5.14. The molecular formula is C16H19NS2. The molecule has 0 bridgehead atoms. The van der Waals surface area contributed by atoms with E-state index in [9.17, 15) is 0 Å². The molecule has 1 heterocycles. The molecule has 0 amide bonds. The zero-order valence-electron chi connectivity index (χ0n) is 11.0. The number of hydrogen-bond acceptors (Lipinski definition) is 3. The van der Waals surface area contributed by atoms with E-state index in [1.165, 1.54) is 35.6 Å². The van der Waals surface area contributed by atoms with Crippen LogP contribution >= 0.6 is 23.1 Å². The standard InChI is InChI=1S/C16H19NS2/c1-2-4-16(5-3-1)19-11-9-17(15-6-7-15)12-14-8-10-18-13-14/h1-5,8,10,13,15H,6-7,9,11-12H2. The maximum absolute atomic E-state index is 2.65. The van der Waals surface area contributed by atoms with Crippen molar-refractivity contribution in [3.05, 3.63) is 52.7 Å². The molecular weight excluding hydrogens is 270 g/mol. The lowest BCUT2D eigenvalue weighted by Crippen LogP contribution is -2.27. The Balaban J connectivity index is 1.48. The summed E-state index contributed by atoms with van der Waals surface area (Å²) in [6.07, 6.45) is 2.78. The van der Waals surface area contributed by atoms with E-state index in [2.05, 4.69) is 52.1 Å². The average Bonchev–Trinajstić information content (AvgIpc) is 3.17. The van der Waals surface area contributed by atoms with Gasteiger partial charge in [-0.2, -0.15) is 11.3 Å². The number of nitrogens with zero attached hydrogens (tertiary/aromatic N) is 1. The summed E-state index contributed by atoms with van der Waals surface area (Å²) in [5.41, 5.74) is 1.47. The Kier molecular flexibility index (Phi) is 4.59. The van der Waals surface area contributed by atoms with Crippen molar-refractivity contribution in [2.75, 3.05) is 12.3 Å². The molecule has 0 aliphatic heterocycles. The minimum absolute atomic E-state index is 0.844. The van der Waals surface area contributed by atoms with E-state index in [0.717, 1.165) is 12.6 Å². The van der Waals surface area contributed by atoms with Crippen LogP contribution in [-0.2, 0) is 6.54 Å². The predicted octanol–water partition coefficient (Wildman–Crippen LogP) is 4.50. The SMILES string of the molecule is c1ccc(SCCN(Cc2ccsc2)C2CC2)cc1. The third kappa shape index (κ3) is 4.10. The van der Waals surface area contributed by atoms with Crippen molar-refractivity contribution >= 4 is 23.1 Å². The summed E-state index contributed by atoms with van der Waals surface area (Å²) in [4.78, 5) is 4.03. The van der Waals surface area contributed by atoms with E-state index < -0.39 is 0 Å². The fourth-order valence-corrected chi connectivity index (χ4v) is 3.82. The molecule has 1 fully saturated rings. The quantitative estimate of drug-likeness (QED) is 0.690. The second-order valence-electron chi connectivity index (χ2n) is 4.99. The van der Waals surface area contributed by atoms with Crippen molar-refractivity contribution in [1.29, 1.82) is 0 Å². The van der Waals surface area contributed by atoms with Crippen LogP contribution in [0.2, 0.25) is 0 Å². The lowest BCUT2D eigenvalue weighted by atomic mass is 10.3. The van der Waals surface area contributed by atoms with Crippen LogP contribution in [0, 0.1) is 0 Å². The van der Waals surface area contributed by atoms with Crippen LogP contribution in [0.4, 0.5) is 0 Å². The largest absolute Gasteiger partial charge is 0.295 e. The zero-order chi connectivity index (χ0) is 12.9. The summed E-state index contributed by atoms with van der Waals surface area (Å²) >= 11 is 3.77. The number of hydrogen-bond donors (Lipinski definition) is 0. The molecule has 100 valence electrons. The van der Waals surface area contributed by atoms with Crippen LogP contribution < -0.4 is 0 Å². The second-order valence-corrected chi connectivity index (χ2v) is 6.94. The first-order chi connectivity index (χ1) is 9.42. The Labute approximate surface area is 123 Å². The van der Waals surface area contributed by atoms with E-state index in [-0.39, 0.29) is 0 Å². The van der Waals surface area contributed by atoms with Gasteiger partial charge in [-0.1, -0.05) is 18.2 Å². The highest BCUT2D eigenvalue weighted by Gasteiger charge is 2.28. The van der Waals surface area contributed by atoms with E-state index in [0.29, 0.717) is 0 Å². The first kappa shape index (κ1) is 13.2. The number of benzene rings is 1. The molecule has 2 aromatic rings. The molecule has 1 saturated carbocycles. The van der Waals surface area contributed by atoms with Crippen molar-refractivity contribution in [1.82, 2.24) is 4.90 Å². The maximum Gasteiger partial charge on any atom is 0.0245 e. The van der Waals surface area contributed by atoms with Gasteiger partial charge in [0.25, 0.3) is 0 Å². The molecule has 19 heavy (non-hydrogen) atoms. The number of thioether (sulfide) groups is 1. The van der Waals surface area contributed by atoms with Crippen molar-refractivity contribution < 1.29 is 0 Å². The van der Waals surface area contributed by atoms with Crippen LogP contribution in [-0.4, -0.2) is 23.2 Å². The van der Waals surface area contributed by atoms with Gasteiger partial charge in [0.15, 0.2) is 0 Å². The van der Waals surface area contributed by atoms with Crippen LogP contribution in [0.3, 0.4) is 0 Å². The molecule has 0 saturated heterocycles. The van der Waals surface area contributed by atoms with Crippen molar-refractivity contribution in [3.63, 3.8) is 0 Å². The van der Waals surface area contributed by atoms with Gasteiger partial charge < -0.3 is 0 Å². The third-order valence-electron chi connectivity index (χ3n) is 3.42. The molecule has 0 N–H and O–H groups in total. The normalized spacial score (nSPS) is 15.0. The molecule has 1 aromatic carbocycles. The molecule has 1 aromatic heterocycles. The smallest absolute Gasteiger partial charge is 0.0245 e. The second kappa shape index (κ2) is 6.60. The average molecular weight is 289 g/mol. The molecule has 1 nitrogen and oxygen atoms in total. The maximum atomic E-state index is 2.65. The van der Waals surface area contributed by atoms with Gasteiger partial charge >= 0.3 is 0 Å². The summed E-state index contributed by atoms with van der Waals surface area (Å²) in [5.74, 6) is 1.19. The van der Waals surface area contributed by atoms with Crippen LogP contribution in [0.1, 0.15) is 18.4 Å². The summed E-state index contributed by atoms with van der Waals surface area (Å²) < 4.78 is 0. The Morgan fingerprint density at radius 1 is 1.16 bits per heavy atom. The topological polar surface area (TPSA) is 3.24 Å². The van der Waals surface area contributed by atoms with Crippen LogP contribution in [0.15, 0.2) is 52.1 Å². The Hall–Kier alpha value is -0.770. The lowest BCUT2D eigenvalue weighted by molar-refractivity contribution is 0.272. The summed E-state index contributed by atoms with van der Waals surface area (Å²) in [6, 6.07) is 13.8. The minimum Gasteiger partial charge on any atom is -0.295 e. The Morgan fingerprint density at radius 2 is 2.00 bits per heavy atom. The zero-order valence-corrected chi connectivity index (χ0v) is 12.6. The van der Waals surface area contributed by atoms with E-state index in [4.69, 9.17) is 0 Å². The van der Waals surface area contributed by atoms with Gasteiger partial charge in [-0.05, 0) is 47.4 Å². The van der Waals surface area contributed by atoms with Gasteiger partial charge in [0, 0.05) is 29.8 Å². The number of thiophene rings is 1. The Morgan fingerprint density at radius 3 is 2.68 bits per heavy atom. The molecule has 0 radical (unpaired) electrons. The molecule has 0 unspecified atom stereocenters. The van der Waals surface area contributed by atoms with Gasteiger partial charge in [-0.3, -0.25) is 4.90 Å². The van der Waals surface area contributed by atoms with Crippen LogP contribution in [0.25, 0.3) is 0 Å². The van der Waals surface area contributed by atoms with Crippen molar-refractivity contribution in [2.45, 2.75) is 30.3 Å². The van der Waals surface area contributed by atoms with Gasteiger partial charge in [0.2, 0.25) is 0 Å². The highest BCUT2D eigenvalue weighted by atomic mass is 32.2. The molecule has 1 aliphatic rings. The molecule has 0 atom stereocenters. The van der Waals surface area contributed by atoms with Gasteiger partial charge in [-0.15, -0.1) is 11.8 Å². The molecule has 1 aliphatic carbocycles. The van der Waals surface area contributed by atoms with Gasteiger partial charge in [-0.25, -0.2) is 0 Å². The Bertz CT molecular complexity index is 477. The molecule has 3 rings (SSSR count). The highest BCUT2D eigenvalue weighted by molar-refractivity contribution is 7.99. The summed E-state index contributed by atoms with van der Waals surface area (Å²) in [6.45, 7) is 2.32. The van der Waals surface area contributed by atoms with Gasteiger partial charge in [0.05, 0.1) is 0 Å². The predicted molar refractivity (Wildman–Crippen MR) is 84.9 cm³/mol. The molecule has 0 spiro atoms. The lowest BCUT2D eigenvalue weighted by Gasteiger charge is -2.21. The first-order valence-electron chi connectivity index (χ1n) is 6.85. The van der Waals surface area contributed by atoms with E-state index in [1.807, 2.05) is 11.8 Å². The van der Waals surface area contributed by atoms with Crippen molar-refractivity contribution in [3.8, 4) is 0 Å². The summed E-state index contributed by atoms with van der Waals surface area (Å²) in [5, 5.41) is 4.46. The van der Waals surface area contributed by atoms with Crippen molar-refractivity contribution in [2.24, 2.45) is 0 Å². The first-order valence-corrected chi connectivity index (χ1v) is 8.77. The van der Waals surface area contributed by atoms with E-state index >= 15 is 0 Å². The monoisotopic (exact) mass is 289 g/mol. The minimum atomic E-state index is 0.844. The fraction of sp³-hybridized carbons (Fsp3) is 0.375. The summed E-state index contributed by atoms with van der Waals surface area (Å²) in [7, 11) is 0. The molecule has 3 heteroatoms. The van der Waals surface area contributed by atoms with Gasteiger partial charge in [0.1, 0.15) is 0 Å². The highest BCUT2D eigenvalue weighted by Crippen LogP contribution is 2.29.